The van der Waals surface area contributed by atoms with Gasteiger partial charge in [0.25, 0.3) is 5.91 Å². The summed E-state index contributed by atoms with van der Waals surface area (Å²) in [6, 6.07) is 5.91. The number of fused-ring (bicyclic) bond motifs is 1. The van der Waals surface area contributed by atoms with Crippen LogP contribution in [-0.2, 0) is 16.0 Å². The Morgan fingerprint density at radius 1 is 1.36 bits per heavy atom. The fourth-order valence-corrected chi connectivity index (χ4v) is 4.44. The summed E-state index contributed by atoms with van der Waals surface area (Å²) >= 11 is 0. The molecule has 28 heavy (non-hydrogen) atoms. The fraction of sp³-hybridized carbons (Fsp3) is 0.524. The molecule has 4 rings (SSSR count). The molecule has 1 aliphatic carbocycles. The molecule has 0 radical (unpaired) electrons. The van der Waals surface area contributed by atoms with Crippen molar-refractivity contribution in [3.8, 4) is 0 Å². The molecule has 1 aliphatic heterocycles. The number of aliphatic hydroxyl groups excluding tert-OH is 1. The molecule has 1 saturated carbocycles. The Labute approximate surface area is 163 Å². The van der Waals surface area contributed by atoms with E-state index >= 15 is 0 Å². The van der Waals surface area contributed by atoms with Crippen LogP contribution in [0.15, 0.2) is 22.6 Å². The van der Waals surface area contributed by atoms with Crippen LogP contribution in [0.1, 0.15) is 41.4 Å². The van der Waals surface area contributed by atoms with Crippen molar-refractivity contribution in [3.63, 3.8) is 0 Å². The quantitative estimate of drug-likeness (QED) is 0.699. The van der Waals surface area contributed by atoms with E-state index in [4.69, 9.17) is 14.9 Å². The van der Waals surface area contributed by atoms with E-state index < -0.39 is 24.0 Å². The molecular weight excluding hydrogens is 360 g/mol. The molecule has 7 heteroatoms. The highest BCUT2D eigenvalue weighted by molar-refractivity contribution is 6.09. The average Bonchev–Trinajstić information content (AvgIpc) is 2.90. The first-order chi connectivity index (χ1) is 13.3. The smallest absolute Gasteiger partial charge is 0.256 e. The summed E-state index contributed by atoms with van der Waals surface area (Å²) in [5.74, 6) is -0.186. The Kier molecular flexibility index (Phi) is 4.47. The van der Waals surface area contributed by atoms with Gasteiger partial charge in [-0.05, 0) is 56.7 Å². The lowest BCUT2D eigenvalue weighted by Gasteiger charge is -2.53. The highest BCUT2D eigenvalue weighted by Crippen LogP contribution is 2.51. The van der Waals surface area contributed by atoms with Crippen LogP contribution in [0.3, 0.4) is 0 Å². The van der Waals surface area contributed by atoms with Gasteiger partial charge in [-0.25, -0.2) is 0 Å². The third-order valence-electron chi connectivity index (χ3n) is 6.19. The van der Waals surface area contributed by atoms with Gasteiger partial charge in [0.15, 0.2) is 0 Å². The van der Waals surface area contributed by atoms with Crippen LogP contribution in [0.25, 0.3) is 11.0 Å². The highest BCUT2D eigenvalue weighted by atomic mass is 16.5. The molecule has 1 aromatic heterocycles. The van der Waals surface area contributed by atoms with E-state index in [0.29, 0.717) is 33.6 Å². The number of nitrogens with two attached hydrogens (primary N) is 1. The second-order valence-electron chi connectivity index (χ2n) is 8.64. The molecule has 0 bridgehead atoms. The first kappa shape index (κ1) is 19.0. The molecule has 4 N–H and O–H groups in total. The predicted octanol–water partition coefficient (Wildman–Crippen LogP) is 1.68. The van der Waals surface area contributed by atoms with Gasteiger partial charge in [0.2, 0.25) is 5.91 Å². The third-order valence-corrected chi connectivity index (χ3v) is 6.19. The van der Waals surface area contributed by atoms with E-state index in [1.165, 1.54) is 19.8 Å². The summed E-state index contributed by atoms with van der Waals surface area (Å²) in [5.41, 5.74) is 6.37. The van der Waals surface area contributed by atoms with Crippen molar-refractivity contribution in [2.75, 3.05) is 19.8 Å². The van der Waals surface area contributed by atoms with Crippen LogP contribution >= 0.6 is 0 Å². The number of amides is 2. The van der Waals surface area contributed by atoms with Crippen LogP contribution in [0, 0.1) is 18.3 Å². The van der Waals surface area contributed by atoms with Gasteiger partial charge in [-0.2, -0.15) is 0 Å². The zero-order chi connectivity index (χ0) is 20.1. The van der Waals surface area contributed by atoms with Crippen molar-refractivity contribution >= 4 is 22.8 Å². The van der Waals surface area contributed by atoms with Gasteiger partial charge in [-0.3, -0.25) is 9.59 Å². The van der Waals surface area contributed by atoms with Gasteiger partial charge in [0.1, 0.15) is 16.9 Å². The van der Waals surface area contributed by atoms with Crippen molar-refractivity contribution in [1.29, 1.82) is 0 Å². The number of rotatable bonds is 6. The first-order valence-electron chi connectivity index (χ1n) is 9.58. The summed E-state index contributed by atoms with van der Waals surface area (Å²) in [6.07, 6.45) is 3.34. The van der Waals surface area contributed by atoms with Crippen molar-refractivity contribution in [3.05, 3.63) is 35.1 Å². The average molecular weight is 386 g/mol. The van der Waals surface area contributed by atoms with E-state index in [2.05, 4.69) is 5.32 Å². The topological polar surface area (TPSA) is 115 Å². The SMILES string of the molecule is Cc1oc2ccc(CC3CC4(COC4)C3)cc2c1C(=O)N[C@@](C)(CO)C(N)=O. The number of nitrogens with one attached hydrogen (secondary N) is 1. The maximum atomic E-state index is 12.8. The normalized spacial score (nSPS) is 20.4. The van der Waals surface area contributed by atoms with Crippen molar-refractivity contribution in [2.24, 2.45) is 17.1 Å². The molecule has 1 aromatic carbocycles. The number of aliphatic hydroxyl groups is 1. The number of aryl methyl sites for hydroxylation is 1. The van der Waals surface area contributed by atoms with E-state index in [1.54, 1.807) is 6.92 Å². The second kappa shape index (κ2) is 6.60. The minimum atomic E-state index is -1.53. The number of hydrogen-bond acceptors (Lipinski definition) is 5. The summed E-state index contributed by atoms with van der Waals surface area (Å²) in [7, 11) is 0. The minimum Gasteiger partial charge on any atom is -0.461 e. The second-order valence-corrected chi connectivity index (χ2v) is 8.64. The summed E-state index contributed by atoms with van der Waals surface area (Å²) < 4.78 is 11.1. The molecule has 2 aliphatic rings. The summed E-state index contributed by atoms with van der Waals surface area (Å²) in [4.78, 5) is 24.5. The number of carbonyl (C=O) groups excluding carboxylic acids is 2. The molecule has 2 amide bonds. The number of furan rings is 1. The van der Waals surface area contributed by atoms with E-state index in [9.17, 15) is 14.7 Å². The maximum Gasteiger partial charge on any atom is 0.256 e. The molecule has 1 atom stereocenters. The Hall–Kier alpha value is -2.38. The van der Waals surface area contributed by atoms with Crippen molar-refractivity contribution in [1.82, 2.24) is 5.32 Å². The molecule has 7 nitrogen and oxygen atoms in total. The molecule has 1 spiro atoms. The number of carbonyl (C=O) groups is 2. The first-order valence-corrected chi connectivity index (χ1v) is 9.58. The number of hydrogen-bond donors (Lipinski definition) is 3. The Morgan fingerprint density at radius 3 is 2.64 bits per heavy atom. The predicted molar refractivity (Wildman–Crippen MR) is 103 cm³/mol. The van der Waals surface area contributed by atoms with Gasteiger partial charge < -0.3 is 25.3 Å². The Bertz CT molecular complexity index is 938. The molecular formula is C21H26N2O5. The van der Waals surface area contributed by atoms with Gasteiger partial charge >= 0.3 is 0 Å². The highest BCUT2D eigenvalue weighted by Gasteiger charge is 2.49. The monoisotopic (exact) mass is 386 g/mol. The van der Waals surface area contributed by atoms with E-state index in [-0.39, 0.29) is 0 Å². The molecule has 1 saturated heterocycles. The third kappa shape index (κ3) is 3.08. The number of primary amides is 1. The lowest BCUT2D eigenvalue weighted by atomic mass is 9.59. The van der Waals surface area contributed by atoms with Gasteiger partial charge in [-0.15, -0.1) is 0 Å². The van der Waals surface area contributed by atoms with E-state index in [0.717, 1.165) is 25.2 Å². The lowest BCUT2D eigenvalue weighted by Crippen LogP contribution is -2.57. The van der Waals surface area contributed by atoms with Crippen molar-refractivity contribution < 1.29 is 23.8 Å². The van der Waals surface area contributed by atoms with E-state index in [1.807, 2.05) is 18.2 Å². The van der Waals surface area contributed by atoms with Crippen LogP contribution in [0.5, 0.6) is 0 Å². The minimum absolute atomic E-state index is 0.371. The lowest BCUT2D eigenvalue weighted by molar-refractivity contribution is -0.178. The summed E-state index contributed by atoms with van der Waals surface area (Å²) in [6.45, 7) is 4.30. The Balaban J connectivity index is 1.57. The number of ether oxygens (including phenoxy) is 1. The van der Waals surface area contributed by atoms with Gasteiger partial charge in [-0.1, -0.05) is 6.07 Å². The maximum absolute atomic E-state index is 12.8. The van der Waals surface area contributed by atoms with Gasteiger partial charge in [0.05, 0.1) is 25.4 Å². The fourth-order valence-electron chi connectivity index (χ4n) is 4.44. The van der Waals surface area contributed by atoms with Crippen LogP contribution in [0.2, 0.25) is 0 Å². The largest absolute Gasteiger partial charge is 0.461 e. The molecule has 0 unspecified atom stereocenters. The van der Waals surface area contributed by atoms with Crippen LogP contribution in [0.4, 0.5) is 0 Å². The van der Waals surface area contributed by atoms with Crippen molar-refractivity contribution in [2.45, 2.75) is 38.6 Å². The Morgan fingerprint density at radius 2 is 2.07 bits per heavy atom. The van der Waals surface area contributed by atoms with Gasteiger partial charge in [0, 0.05) is 10.8 Å². The molecule has 2 heterocycles. The zero-order valence-corrected chi connectivity index (χ0v) is 16.2. The molecule has 150 valence electrons. The molecule has 2 aromatic rings. The van der Waals surface area contributed by atoms with Crippen LogP contribution < -0.4 is 11.1 Å². The van der Waals surface area contributed by atoms with Crippen LogP contribution in [-0.4, -0.2) is 42.3 Å². The summed E-state index contributed by atoms with van der Waals surface area (Å²) in [5, 5.41) is 12.7. The number of benzene rings is 1. The zero-order valence-electron chi connectivity index (χ0n) is 16.2. The molecule has 2 fully saturated rings. The standard InChI is InChI=1S/C21H26N2O5/c1-12-17(18(25)23-20(2,9-24)19(22)26)15-6-13(3-4-16(15)28-12)5-14-7-21(8-14)10-27-11-21/h3-4,6,14,24H,5,7-11H2,1-2H3,(H2,22,26)(H,23,25)/t20-/m0/s1.